The van der Waals surface area contributed by atoms with Gasteiger partial charge < -0.3 is 61.6 Å². The highest BCUT2D eigenvalue weighted by Crippen LogP contribution is 2.31. The van der Waals surface area contributed by atoms with Crippen molar-refractivity contribution in [3.8, 4) is 45.3 Å². The van der Waals surface area contributed by atoms with Crippen molar-refractivity contribution in [2.45, 2.75) is 26.2 Å². The number of rotatable bonds is 9. The number of carbonyl (C=O) groups is 4. The summed E-state index contributed by atoms with van der Waals surface area (Å²) in [5.41, 5.74) is 8.47. The fourth-order valence-corrected chi connectivity index (χ4v) is 10.7. The van der Waals surface area contributed by atoms with Crippen LogP contribution in [0.5, 0.6) is 23.0 Å². The Morgan fingerprint density at radius 2 is 0.684 bits per heavy atom. The van der Waals surface area contributed by atoms with Crippen LogP contribution in [-0.2, 0) is 73.6 Å². The number of nitrogens with zero attached hydrogens (tertiary/aromatic N) is 5. The van der Waals surface area contributed by atoms with E-state index in [0.717, 1.165) is 40.2 Å². The summed E-state index contributed by atoms with van der Waals surface area (Å²) in [5.74, 6) is -0.481. The molecule has 22 nitrogen and oxygen atoms in total. The Morgan fingerprint density at radius 3 is 1.05 bits per heavy atom. The van der Waals surface area contributed by atoms with Gasteiger partial charge in [0.1, 0.15) is 69.2 Å². The molecule has 0 radical (unpaired) electrons. The Hall–Kier alpha value is -9.52. The molecule has 2 amide bonds. The minimum atomic E-state index is -0.794. The van der Waals surface area contributed by atoms with Crippen molar-refractivity contribution >= 4 is 23.8 Å². The normalized spacial score (nSPS) is 15.8. The van der Waals surface area contributed by atoms with Crippen molar-refractivity contribution < 1.29 is 99.0 Å². The highest BCUT2D eigenvalue weighted by Gasteiger charge is 2.42. The van der Waals surface area contributed by atoms with Crippen molar-refractivity contribution in [1.82, 2.24) is 4.90 Å². The number of hydrogen-bond acceptors (Lipinski definition) is 17. The quantitative estimate of drug-likeness (QED) is 0.0533. The van der Waals surface area contributed by atoms with Crippen molar-refractivity contribution in [2.24, 2.45) is 0 Å². The van der Waals surface area contributed by atoms with Crippen molar-refractivity contribution in [1.29, 1.82) is 0 Å². The largest absolute Gasteiger partial charge is 0.491 e. The molecule has 22 heteroatoms. The zero-order valence-electron chi connectivity index (χ0n) is 53.1. The highest BCUT2D eigenvalue weighted by atomic mass is 16.6. The van der Waals surface area contributed by atoms with Crippen molar-refractivity contribution in [3.05, 3.63) is 216 Å². The fraction of sp³-hybridized carbons (Fsp3) is 0.342. The second-order valence-corrected chi connectivity index (χ2v) is 22.4. The van der Waals surface area contributed by atoms with Gasteiger partial charge in [0.25, 0.3) is 11.8 Å². The van der Waals surface area contributed by atoms with Gasteiger partial charge in [0.2, 0.25) is 0 Å². The first-order chi connectivity index (χ1) is 46.7. The van der Waals surface area contributed by atoms with Gasteiger partial charge in [-0.15, -0.1) is 0 Å². The van der Waals surface area contributed by atoms with E-state index < -0.39 is 30.3 Å². The molecule has 0 fully saturated rings. The average molecular weight is 1300 g/mol. The van der Waals surface area contributed by atoms with Gasteiger partial charge in [-0.1, -0.05) is 36.4 Å². The predicted molar refractivity (Wildman–Crippen MR) is 341 cm³/mol. The van der Waals surface area contributed by atoms with E-state index in [1.54, 1.807) is 18.2 Å². The van der Waals surface area contributed by atoms with Crippen LogP contribution in [0.25, 0.3) is 22.3 Å². The van der Waals surface area contributed by atoms with Crippen LogP contribution >= 0.6 is 0 Å². The van der Waals surface area contributed by atoms with Crippen LogP contribution in [0, 0.1) is 0 Å². The monoisotopic (exact) mass is 1300 g/mol. The van der Waals surface area contributed by atoms with Gasteiger partial charge in [0, 0.05) is 76.9 Å². The van der Waals surface area contributed by atoms with E-state index in [4.69, 9.17) is 61.6 Å². The fourth-order valence-electron chi connectivity index (χ4n) is 10.7. The summed E-state index contributed by atoms with van der Waals surface area (Å²) in [5, 5.41) is 0. The Bertz CT molecular complexity index is 3560. The first-order valence-corrected chi connectivity index (χ1v) is 31.9. The summed E-state index contributed by atoms with van der Waals surface area (Å²) in [7, 11) is 0. The Morgan fingerprint density at radius 1 is 0.358 bits per heavy atom. The molecule has 0 unspecified atom stereocenters. The first kappa shape index (κ1) is 66.9. The zero-order valence-corrected chi connectivity index (χ0v) is 53.1. The molecule has 23 heterocycles. The van der Waals surface area contributed by atoms with E-state index in [-0.39, 0.29) is 82.6 Å². The number of imide groups is 1. The van der Waals surface area contributed by atoms with Gasteiger partial charge in [-0.2, -0.15) is 0 Å². The molecule has 19 aliphatic heterocycles. The van der Waals surface area contributed by atoms with Crippen LogP contribution in [0.1, 0.15) is 53.3 Å². The Balaban J connectivity index is 0.658. The minimum absolute atomic E-state index is 0.0244. The number of benzene rings is 4. The lowest BCUT2D eigenvalue weighted by Gasteiger charge is -2.14. The molecular formula is C73H79N5O17+4. The maximum Gasteiger partial charge on any atom is 0.338 e. The SMILES string of the molecule is O=C(CN1C(=O)c2c3ccc(c2C1=O)C[n+]1ccc(cc1)-c1cc[n+](cc1)Cc1ccc(cc1)C[n+]1ccc(cc1)-c1cc[n+](cc1)C3)OCCOCCOC(=O)c1cc2cc(c1)OCCOCCOCCOCCOc1ccc(cc1)OCCOCCOCCOCCO2. The lowest BCUT2D eigenvalue weighted by Crippen LogP contribution is -2.37. The van der Waals surface area contributed by atoms with Crippen LogP contribution < -0.4 is 37.2 Å². The number of aromatic nitrogens is 4. The molecule has 4 aromatic carbocycles. The molecule has 27 rings (SSSR count). The molecule has 8 aromatic rings. The minimum Gasteiger partial charge on any atom is -0.491 e. The molecule has 95 heavy (non-hydrogen) atoms. The summed E-state index contributed by atoms with van der Waals surface area (Å²) in [6, 6.07) is 41.1. The third-order valence-corrected chi connectivity index (χ3v) is 15.6. The highest BCUT2D eigenvalue weighted by molar-refractivity contribution is 6.23. The average Bonchev–Trinajstić information content (AvgIpc) is 1.61. The topological polar surface area (TPSA) is 207 Å². The third kappa shape index (κ3) is 20.0. The van der Waals surface area contributed by atoms with E-state index >= 15 is 0 Å². The predicted octanol–water partition coefficient (Wildman–Crippen LogP) is 6.02. The molecule has 0 aliphatic carbocycles. The molecule has 19 aliphatic rings. The molecule has 0 saturated carbocycles. The zero-order chi connectivity index (χ0) is 65.2. The molecule has 0 atom stereocenters. The summed E-state index contributed by atoms with van der Waals surface area (Å²) >= 11 is 0. The smallest absolute Gasteiger partial charge is 0.338 e. The summed E-state index contributed by atoms with van der Waals surface area (Å²) in [6.45, 7) is 6.49. The first-order valence-electron chi connectivity index (χ1n) is 31.9. The molecule has 494 valence electrons. The van der Waals surface area contributed by atoms with Crippen LogP contribution in [0.2, 0.25) is 0 Å². The number of carbonyl (C=O) groups excluding carboxylic acids is 4. The molecular weight excluding hydrogens is 1220 g/mol. The number of pyridine rings is 4. The number of amides is 2. The Labute approximate surface area is 551 Å². The summed E-state index contributed by atoms with van der Waals surface area (Å²) in [4.78, 5) is 56.7. The lowest BCUT2D eigenvalue weighted by atomic mass is 9.97. The lowest BCUT2D eigenvalue weighted by molar-refractivity contribution is -0.689. The number of hydrogen-bond donors (Lipinski definition) is 0. The standard InChI is InChI=1S/C73H79N5O17/c79-68(94-45-39-89-40-46-95-73(82)63-47-66-49-67(48-63)93-44-38-88-34-30-84-28-32-86-36-42-91-65-8-7-64(9-10-65)90-41-35-85-31-27-83-29-33-87-37-43-92-66)54-78-71(80)69-61-5-6-62(70(69)72(78)81)53-77-25-17-60(18-26-77)58-13-21-75(22-14-58)51-56-2-1-55(3-4-56)50-74-19-11-57(12-20-74)59-15-23-76(52-61)24-16-59/h1-26,47-49H,27-46,50-54H2/q+4. The van der Waals surface area contributed by atoms with E-state index in [1.807, 2.05) is 94.6 Å². The van der Waals surface area contributed by atoms with E-state index in [9.17, 15) is 19.2 Å². The number of ether oxygens (including phenoxy) is 13. The maximum absolute atomic E-state index is 14.5. The summed E-state index contributed by atoms with van der Waals surface area (Å²) < 4.78 is 82.2. The van der Waals surface area contributed by atoms with Crippen molar-refractivity contribution in [3.63, 3.8) is 0 Å². The third-order valence-electron chi connectivity index (χ3n) is 15.6. The van der Waals surface area contributed by atoms with Gasteiger partial charge in [-0.25, -0.2) is 23.1 Å². The van der Waals surface area contributed by atoms with Gasteiger partial charge in [0.05, 0.1) is 109 Å². The van der Waals surface area contributed by atoms with E-state index in [2.05, 4.69) is 82.5 Å². The van der Waals surface area contributed by atoms with Crippen LogP contribution in [0.15, 0.2) is 177 Å². The molecule has 0 N–H and O–H groups in total. The molecule has 0 spiro atoms. The van der Waals surface area contributed by atoms with Gasteiger partial charge in [-0.3, -0.25) is 19.3 Å². The van der Waals surface area contributed by atoms with Crippen LogP contribution in [0.3, 0.4) is 0 Å². The molecule has 0 saturated heterocycles. The second kappa shape index (κ2) is 35.1. The van der Waals surface area contributed by atoms with E-state index in [0.29, 0.717) is 113 Å². The van der Waals surface area contributed by atoms with E-state index in [1.165, 1.54) is 11.1 Å². The molecule has 16 bridgehead atoms. The van der Waals surface area contributed by atoms with Crippen LogP contribution in [0.4, 0.5) is 0 Å². The van der Waals surface area contributed by atoms with Gasteiger partial charge in [-0.05, 0) is 58.7 Å². The van der Waals surface area contributed by atoms with Crippen molar-refractivity contribution in [2.75, 3.05) is 139 Å². The number of fused-ring (bicyclic) bond motifs is 26. The summed E-state index contributed by atoms with van der Waals surface area (Å²) in [6.07, 6.45) is 16.1. The van der Waals surface area contributed by atoms with Gasteiger partial charge >= 0.3 is 11.9 Å². The Kier molecular flexibility index (Phi) is 24.7. The maximum atomic E-state index is 14.5. The number of esters is 2. The second-order valence-electron chi connectivity index (χ2n) is 22.4. The van der Waals surface area contributed by atoms with Crippen LogP contribution in [-0.4, -0.2) is 167 Å². The van der Waals surface area contributed by atoms with Gasteiger partial charge in [0.15, 0.2) is 75.8 Å². The molecule has 4 aromatic heterocycles.